The van der Waals surface area contributed by atoms with Gasteiger partial charge in [0.25, 0.3) is 0 Å². The van der Waals surface area contributed by atoms with E-state index in [2.05, 4.69) is 15.6 Å². The van der Waals surface area contributed by atoms with Crippen LogP contribution in [0.2, 0.25) is 0 Å². The second kappa shape index (κ2) is 9.76. The smallest absolute Gasteiger partial charge is 0.238 e. The molecule has 3 rings (SSSR count). The number of anilines is 2. The molecule has 1 aliphatic heterocycles. The molecule has 0 bridgehead atoms. The van der Waals surface area contributed by atoms with Gasteiger partial charge in [-0.3, -0.25) is 9.69 Å². The van der Waals surface area contributed by atoms with Crippen LogP contribution in [0.1, 0.15) is 30.3 Å². The Balaban J connectivity index is 1.67. The summed E-state index contributed by atoms with van der Waals surface area (Å²) in [4.78, 5) is 25.5. The van der Waals surface area contributed by atoms with Crippen molar-refractivity contribution in [2.24, 2.45) is 0 Å². The van der Waals surface area contributed by atoms with Crippen molar-refractivity contribution < 1.29 is 9.18 Å². The molecule has 1 atom stereocenters. The van der Waals surface area contributed by atoms with Crippen molar-refractivity contribution in [1.82, 2.24) is 20.2 Å². The van der Waals surface area contributed by atoms with Gasteiger partial charge in [-0.15, -0.1) is 0 Å². The van der Waals surface area contributed by atoms with Crippen molar-refractivity contribution in [1.29, 1.82) is 0 Å². The Hall–Kier alpha value is -2.58. The molecule has 1 fully saturated rings. The van der Waals surface area contributed by atoms with E-state index in [1.165, 1.54) is 6.07 Å². The van der Waals surface area contributed by atoms with Crippen molar-refractivity contribution in [2.45, 2.75) is 25.3 Å². The molecule has 1 amide bonds. The first-order chi connectivity index (χ1) is 13.9. The highest BCUT2D eigenvalue weighted by Crippen LogP contribution is 2.24. The van der Waals surface area contributed by atoms with E-state index in [-0.39, 0.29) is 18.1 Å². The Bertz CT molecular complexity index is 838. The van der Waals surface area contributed by atoms with Crippen molar-refractivity contribution in [3.8, 4) is 0 Å². The quantitative estimate of drug-likeness (QED) is 0.743. The monoisotopic (exact) mass is 400 g/mol. The number of halogens is 1. The molecule has 1 saturated heterocycles. The van der Waals surface area contributed by atoms with Gasteiger partial charge in [-0.2, -0.15) is 0 Å². The zero-order chi connectivity index (χ0) is 20.8. The van der Waals surface area contributed by atoms with Crippen LogP contribution in [0.25, 0.3) is 0 Å². The third-order valence-corrected chi connectivity index (χ3v) is 4.92. The van der Waals surface area contributed by atoms with Gasteiger partial charge in [-0.05, 0) is 38.6 Å². The zero-order valence-electron chi connectivity index (χ0n) is 17.3. The number of amides is 1. The van der Waals surface area contributed by atoms with E-state index >= 15 is 0 Å². The van der Waals surface area contributed by atoms with E-state index in [9.17, 15) is 9.18 Å². The van der Waals surface area contributed by atoms with Gasteiger partial charge in [0, 0.05) is 32.6 Å². The first-order valence-electron chi connectivity index (χ1n) is 9.91. The normalized spacial score (nSPS) is 16.7. The Morgan fingerprint density at radius 1 is 1.28 bits per heavy atom. The van der Waals surface area contributed by atoms with Gasteiger partial charge in [0.1, 0.15) is 17.5 Å². The topological polar surface area (TPSA) is 73.4 Å². The van der Waals surface area contributed by atoms with Crippen LogP contribution in [0, 0.1) is 5.82 Å². The van der Waals surface area contributed by atoms with E-state index in [1.807, 2.05) is 37.0 Å². The number of likely N-dealkylation sites (N-methyl/N-ethyl adjacent to an activating group) is 1. The number of carbonyl (C=O) groups excluding carboxylic acids is 1. The van der Waals surface area contributed by atoms with Crippen LogP contribution in [0.4, 0.5) is 15.9 Å². The lowest BCUT2D eigenvalue weighted by atomic mass is 9.96. The van der Waals surface area contributed by atoms with Gasteiger partial charge in [0.2, 0.25) is 5.91 Å². The van der Waals surface area contributed by atoms with E-state index < -0.39 is 5.82 Å². The van der Waals surface area contributed by atoms with Gasteiger partial charge in [0.05, 0.1) is 24.5 Å². The molecule has 1 aliphatic rings. The third-order valence-electron chi connectivity index (χ3n) is 4.92. The van der Waals surface area contributed by atoms with E-state index in [1.54, 1.807) is 18.2 Å². The molecule has 0 saturated carbocycles. The van der Waals surface area contributed by atoms with Crippen molar-refractivity contribution in [3.63, 3.8) is 0 Å². The Morgan fingerprint density at radius 2 is 2.07 bits per heavy atom. The number of hydrogen-bond acceptors (Lipinski definition) is 6. The molecule has 29 heavy (non-hydrogen) atoms. The summed E-state index contributed by atoms with van der Waals surface area (Å²) in [5, 5.41) is 6.03. The van der Waals surface area contributed by atoms with Crippen molar-refractivity contribution in [2.75, 3.05) is 51.0 Å². The standard InChI is InChI=1S/C21H29FN6O/c1-27(2)20-11-18(15-7-6-10-23-12-15)24-19(26-20)13-28(3)14-21(29)25-17-9-5-4-8-16(17)22/h4-5,8-9,11,15,23H,6-7,10,12-14H2,1-3H3,(H,25,29). The molecule has 2 heterocycles. The highest BCUT2D eigenvalue weighted by molar-refractivity contribution is 5.92. The van der Waals surface area contributed by atoms with Gasteiger partial charge >= 0.3 is 0 Å². The summed E-state index contributed by atoms with van der Waals surface area (Å²) in [5.74, 6) is 1.19. The van der Waals surface area contributed by atoms with Gasteiger partial charge in [0.15, 0.2) is 0 Å². The number of aromatic nitrogens is 2. The number of nitrogens with one attached hydrogen (secondary N) is 2. The zero-order valence-corrected chi connectivity index (χ0v) is 17.3. The van der Waals surface area contributed by atoms with Crippen LogP contribution in [-0.4, -0.2) is 61.6 Å². The number of hydrogen-bond donors (Lipinski definition) is 2. The van der Waals surface area contributed by atoms with Gasteiger partial charge < -0.3 is 15.5 Å². The molecule has 2 N–H and O–H groups in total. The Kier molecular flexibility index (Phi) is 7.11. The van der Waals surface area contributed by atoms with E-state index in [0.717, 1.165) is 37.4 Å². The average molecular weight is 401 g/mol. The lowest BCUT2D eigenvalue weighted by molar-refractivity contribution is -0.117. The van der Waals surface area contributed by atoms with Gasteiger partial charge in [-0.1, -0.05) is 12.1 Å². The van der Waals surface area contributed by atoms with Crippen LogP contribution in [-0.2, 0) is 11.3 Å². The number of piperidine rings is 1. The molecule has 1 unspecified atom stereocenters. The molecular formula is C21H29FN6O. The highest BCUT2D eigenvalue weighted by Gasteiger charge is 2.19. The number of rotatable bonds is 7. The fourth-order valence-electron chi connectivity index (χ4n) is 3.41. The van der Waals surface area contributed by atoms with Crippen LogP contribution < -0.4 is 15.5 Å². The highest BCUT2D eigenvalue weighted by atomic mass is 19.1. The second-order valence-electron chi connectivity index (χ2n) is 7.71. The minimum Gasteiger partial charge on any atom is -0.363 e. The summed E-state index contributed by atoms with van der Waals surface area (Å²) in [5.41, 5.74) is 1.22. The summed E-state index contributed by atoms with van der Waals surface area (Å²) < 4.78 is 13.7. The van der Waals surface area contributed by atoms with E-state index in [0.29, 0.717) is 18.3 Å². The molecule has 1 aromatic heterocycles. The molecular weight excluding hydrogens is 371 g/mol. The summed E-state index contributed by atoms with van der Waals surface area (Å²) in [6, 6.07) is 8.19. The predicted molar refractivity (Wildman–Crippen MR) is 113 cm³/mol. The van der Waals surface area contributed by atoms with Crippen LogP contribution >= 0.6 is 0 Å². The summed E-state index contributed by atoms with van der Waals surface area (Å²) in [6.45, 7) is 2.52. The number of carbonyl (C=O) groups is 1. The maximum Gasteiger partial charge on any atom is 0.238 e. The van der Waals surface area contributed by atoms with Gasteiger partial charge in [-0.25, -0.2) is 14.4 Å². The number of para-hydroxylation sites is 1. The first-order valence-corrected chi connectivity index (χ1v) is 9.91. The molecule has 156 valence electrons. The fourth-order valence-corrected chi connectivity index (χ4v) is 3.41. The van der Waals surface area contributed by atoms with Crippen LogP contribution in [0.5, 0.6) is 0 Å². The Morgan fingerprint density at radius 3 is 2.76 bits per heavy atom. The molecule has 0 spiro atoms. The minimum absolute atomic E-state index is 0.115. The lowest BCUT2D eigenvalue weighted by Gasteiger charge is -2.24. The molecule has 8 heteroatoms. The minimum atomic E-state index is -0.448. The predicted octanol–water partition coefficient (Wildman–Crippen LogP) is 2.22. The lowest BCUT2D eigenvalue weighted by Crippen LogP contribution is -2.32. The van der Waals surface area contributed by atoms with Crippen molar-refractivity contribution in [3.05, 3.63) is 47.7 Å². The fraction of sp³-hybridized carbons (Fsp3) is 0.476. The maximum atomic E-state index is 13.7. The summed E-state index contributed by atoms with van der Waals surface area (Å²) in [6.07, 6.45) is 2.24. The molecule has 0 radical (unpaired) electrons. The number of benzene rings is 1. The van der Waals surface area contributed by atoms with Crippen LogP contribution in [0.15, 0.2) is 30.3 Å². The largest absolute Gasteiger partial charge is 0.363 e. The summed E-state index contributed by atoms with van der Waals surface area (Å²) in [7, 11) is 5.75. The maximum absolute atomic E-state index is 13.7. The third kappa shape index (κ3) is 5.95. The molecule has 1 aromatic carbocycles. The van der Waals surface area contributed by atoms with Crippen LogP contribution in [0.3, 0.4) is 0 Å². The van der Waals surface area contributed by atoms with E-state index in [4.69, 9.17) is 4.98 Å². The molecule has 2 aromatic rings. The Labute approximate surface area is 171 Å². The number of nitrogens with zero attached hydrogens (tertiary/aromatic N) is 4. The van der Waals surface area contributed by atoms with Crippen molar-refractivity contribution >= 4 is 17.4 Å². The molecule has 0 aliphatic carbocycles. The second-order valence-corrected chi connectivity index (χ2v) is 7.71. The first kappa shape index (κ1) is 21.1. The summed E-state index contributed by atoms with van der Waals surface area (Å²) >= 11 is 0. The average Bonchev–Trinajstić information content (AvgIpc) is 2.70. The SMILES string of the molecule is CN(CC(=O)Nc1ccccc1F)Cc1nc(C2CCCNC2)cc(N(C)C)n1. The molecule has 7 nitrogen and oxygen atoms in total.